The minimum atomic E-state index is -0.530. The summed E-state index contributed by atoms with van der Waals surface area (Å²) in [6, 6.07) is 5.26. The minimum absolute atomic E-state index is 0.0223. The quantitative estimate of drug-likeness (QED) is 0.632. The maximum atomic E-state index is 12.2. The van der Waals surface area contributed by atoms with Gasteiger partial charge in [-0.25, -0.2) is 0 Å². The topological polar surface area (TPSA) is 118 Å². The number of nitro groups is 1. The van der Waals surface area contributed by atoms with Crippen LogP contribution >= 0.6 is 11.3 Å². The molecule has 1 saturated heterocycles. The van der Waals surface area contributed by atoms with Crippen LogP contribution in [0.5, 0.6) is 0 Å². The molecule has 0 bridgehead atoms. The summed E-state index contributed by atoms with van der Waals surface area (Å²) in [5.74, 6) is -0.418. The Labute approximate surface area is 153 Å². The fourth-order valence-corrected chi connectivity index (χ4v) is 3.39. The summed E-state index contributed by atoms with van der Waals surface area (Å²) in [6.45, 7) is 1.56. The second-order valence-corrected chi connectivity index (χ2v) is 6.94. The highest BCUT2D eigenvalue weighted by Gasteiger charge is 2.19. The highest BCUT2D eigenvalue weighted by molar-refractivity contribution is 7.15. The number of carbonyl (C=O) groups excluding carboxylic acids is 2. The van der Waals surface area contributed by atoms with E-state index in [0.717, 1.165) is 43.7 Å². The summed E-state index contributed by atoms with van der Waals surface area (Å²) in [7, 11) is 0. The van der Waals surface area contributed by atoms with Gasteiger partial charge < -0.3 is 4.90 Å². The van der Waals surface area contributed by atoms with E-state index >= 15 is 0 Å². The Morgan fingerprint density at radius 2 is 1.85 bits per heavy atom. The lowest BCUT2D eigenvalue weighted by Crippen LogP contribution is -2.36. The van der Waals surface area contributed by atoms with Crippen molar-refractivity contribution < 1.29 is 14.5 Å². The van der Waals surface area contributed by atoms with Crippen LogP contribution in [0, 0.1) is 10.1 Å². The van der Waals surface area contributed by atoms with E-state index in [0.29, 0.717) is 5.01 Å². The molecule has 2 heterocycles. The van der Waals surface area contributed by atoms with Crippen molar-refractivity contribution >= 4 is 34.0 Å². The molecule has 1 aromatic carbocycles. The minimum Gasteiger partial charge on any atom is -0.342 e. The molecule has 1 aromatic heterocycles. The molecular formula is C16H17N5O4S. The van der Waals surface area contributed by atoms with Crippen LogP contribution in [0.15, 0.2) is 24.3 Å². The van der Waals surface area contributed by atoms with Gasteiger partial charge in [-0.1, -0.05) is 11.3 Å². The SMILES string of the molecule is O=C(Nc1nnc(CC(=O)N2CCCCC2)s1)c1ccc([N+](=O)[O-])cc1. The van der Waals surface area contributed by atoms with Crippen molar-refractivity contribution in [2.75, 3.05) is 18.4 Å². The molecule has 10 heteroatoms. The molecule has 26 heavy (non-hydrogen) atoms. The summed E-state index contributed by atoms with van der Waals surface area (Å²) in [4.78, 5) is 36.3. The highest BCUT2D eigenvalue weighted by atomic mass is 32.1. The standard InChI is InChI=1S/C16H17N5O4S/c22-14(20-8-2-1-3-9-20)10-13-18-19-16(26-13)17-15(23)11-4-6-12(7-5-11)21(24)25/h4-7H,1-3,8-10H2,(H,17,19,23). The molecule has 0 aliphatic carbocycles. The first-order valence-corrected chi connectivity index (χ1v) is 9.00. The van der Waals surface area contributed by atoms with Gasteiger partial charge in [-0.15, -0.1) is 10.2 Å². The average Bonchev–Trinajstić information content (AvgIpc) is 3.09. The molecule has 0 saturated carbocycles. The van der Waals surface area contributed by atoms with E-state index in [1.807, 2.05) is 4.90 Å². The lowest BCUT2D eigenvalue weighted by Gasteiger charge is -2.26. The first kappa shape index (κ1) is 17.9. The molecule has 2 aromatic rings. The van der Waals surface area contributed by atoms with Gasteiger partial charge in [-0.05, 0) is 31.4 Å². The third-order valence-corrected chi connectivity index (χ3v) is 4.88. The number of piperidine rings is 1. The normalized spacial score (nSPS) is 14.1. The number of carbonyl (C=O) groups is 2. The number of anilines is 1. The molecule has 1 fully saturated rings. The number of hydrogen-bond acceptors (Lipinski definition) is 7. The number of aromatic nitrogens is 2. The molecule has 3 rings (SSSR count). The van der Waals surface area contributed by atoms with Crippen LogP contribution in [-0.4, -0.2) is 44.9 Å². The highest BCUT2D eigenvalue weighted by Crippen LogP contribution is 2.19. The second-order valence-electron chi connectivity index (χ2n) is 5.88. The number of nitrogens with zero attached hydrogens (tertiary/aromatic N) is 4. The van der Waals surface area contributed by atoms with Crippen LogP contribution in [0.2, 0.25) is 0 Å². The molecule has 0 atom stereocenters. The second kappa shape index (κ2) is 8.00. The predicted molar refractivity (Wildman–Crippen MR) is 95.1 cm³/mol. The van der Waals surface area contributed by atoms with E-state index < -0.39 is 10.8 Å². The maximum absolute atomic E-state index is 12.2. The number of hydrogen-bond donors (Lipinski definition) is 1. The lowest BCUT2D eigenvalue weighted by molar-refractivity contribution is -0.384. The molecule has 0 unspecified atom stereocenters. The first-order valence-electron chi connectivity index (χ1n) is 8.19. The Balaban J connectivity index is 1.58. The Morgan fingerprint density at radius 3 is 2.50 bits per heavy atom. The predicted octanol–water partition coefficient (Wildman–Crippen LogP) is 2.25. The van der Waals surface area contributed by atoms with E-state index in [1.54, 1.807) is 0 Å². The molecule has 0 radical (unpaired) electrons. The van der Waals surface area contributed by atoms with Crippen molar-refractivity contribution in [1.29, 1.82) is 0 Å². The van der Waals surface area contributed by atoms with Crippen LogP contribution < -0.4 is 5.32 Å². The van der Waals surface area contributed by atoms with E-state index in [2.05, 4.69) is 15.5 Å². The van der Waals surface area contributed by atoms with Gasteiger partial charge in [-0.2, -0.15) is 0 Å². The Kier molecular flexibility index (Phi) is 5.52. The number of benzene rings is 1. The summed E-state index contributed by atoms with van der Waals surface area (Å²) in [6.07, 6.45) is 3.38. The fourth-order valence-electron chi connectivity index (χ4n) is 2.66. The van der Waals surface area contributed by atoms with Gasteiger partial charge in [-0.3, -0.25) is 25.0 Å². The van der Waals surface area contributed by atoms with Crippen LogP contribution in [0.1, 0.15) is 34.6 Å². The molecule has 9 nitrogen and oxygen atoms in total. The van der Waals surface area contributed by atoms with Crippen molar-refractivity contribution in [3.05, 3.63) is 45.0 Å². The molecule has 1 aliphatic heterocycles. The smallest absolute Gasteiger partial charge is 0.269 e. The summed E-state index contributed by atoms with van der Waals surface area (Å²) in [5, 5.41) is 21.9. The van der Waals surface area contributed by atoms with Gasteiger partial charge in [0.05, 0.1) is 11.3 Å². The largest absolute Gasteiger partial charge is 0.342 e. The van der Waals surface area contributed by atoms with Crippen molar-refractivity contribution in [1.82, 2.24) is 15.1 Å². The zero-order valence-electron chi connectivity index (χ0n) is 13.9. The Hall–Kier alpha value is -2.88. The lowest BCUT2D eigenvalue weighted by atomic mass is 10.1. The van der Waals surface area contributed by atoms with Crippen molar-refractivity contribution in [3.63, 3.8) is 0 Å². The van der Waals surface area contributed by atoms with E-state index in [4.69, 9.17) is 0 Å². The molecule has 136 valence electrons. The van der Waals surface area contributed by atoms with Crippen LogP contribution in [0.25, 0.3) is 0 Å². The van der Waals surface area contributed by atoms with Crippen molar-refractivity contribution in [2.45, 2.75) is 25.7 Å². The summed E-state index contributed by atoms with van der Waals surface area (Å²) >= 11 is 1.15. The third kappa shape index (κ3) is 4.39. The fraction of sp³-hybridized carbons (Fsp3) is 0.375. The molecule has 1 aliphatic rings. The summed E-state index contributed by atoms with van der Waals surface area (Å²) in [5.41, 5.74) is 0.188. The number of nitrogens with one attached hydrogen (secondary N) is 1. The number of non-ortho nitro benzene ring substituents is 1. The van der Waals surface area contributed by atoms with E-state index in [9.17, 15) is 19.7 Å². The van der Waals surface area contributed by atoms with Crippen molar-refractivity contribution in [3.8, 4) is 0 Å². The van der Waals surface area contributed by atoms with Crippen LogP contribution in [-0.2, 0) is 11.2 Å². The molecule has 2 amide bonds. The molecular weight excluding hydrogens is 358 g/mol. The first-order chi connectivity index (χ1) is 12.5. The van der Waals surface area contributed by atoms with Gasteiger partial charge in [0.15, 0.2) is 0 Å². The van der Waals surface area contributed by atoms with Crippen LogP contribution in [0.4, 0.5) is 10.8 Å². The van der Waals surface area contributed by atoms with Gasteiger partial charge in [0.25, 0.3) is 11.6 Å². The molecule has 0 spiro atoms. The summed E-state index contributed by atoms with van der Waals surface area (Å²) < 4.78 is 0. The number of rotatable bonds is 5. The van der Waals surface area contributed by atoms with Gasteiger partial charge in [0.2, 0.25) is 11.0 Å². The van der Waals surface area contributed by atoms with Gasteiger partial charge >= 0.3 is 0 Å². The van der Waals surface area contributed by atoms with Crippen molar-refractivity contribution in [2.24, 2.45) is 0 Å². The zero-order valence-corrected chi connectivity index (χ0v) is 14.7. The van der Waals surface area contributed by atoms with E-state index in [-0.39, 0.29) is 28.7 Å². The van der Waals surface area contributed by atoms with Gasteiger partial charge in [0, 0.05) is 30.8 Å². The van der Waals surface area contributed by atoms with E-state index in [1.165, 1.54) is 24.3 Å². The van der Waals surface area contributed by atoms with Gasteiger partial charge in [0.1, 0.15) is 5.01 Å². The number of nitro benzene ring substituents is 1. The average molecular weight is 375 g/mol. The monoisotopic (exact) mass is 375 g/mol. The Bertz CT molecular complexity index is 814. The number of likely N-dealkylation sites (tertiary alicyclic amines) is 1. The van der Waals surface area contributed by atoms with Crippen LogP contribution in [0.3, 0.4) is 0 Å². The third-order valence-electron chi connectivity index (χ3n) is 4.04. The molecule has 1 N–H and O–H groups in total. The number of amides is 2. The zero-order chi connectivity index (χ0) is 18.5. The Morgan fingerprint density at radius 1 is 1.15 bits per heavy atom. The maximum Gasteiger partial charge on any atom is 0.269 e.